The van der Waals surface area contributed by atoms with Gasteiger partial charge in [0.15, 0.2) is 0 Å². The molecule has 0 unspecified atom stereocenters. The maximum atomic E-state index is 12.2. The number of thiophene rings is 1. The van der Waals surface area contributed by atoms with Crippen LogP contribution in [0.25, 0.3) is 0 Å². The molecule has 0 bridgehead atoms. The molecule has 3 nitrogen and oxygen atoms in total. The van der Waals surface area contributed by atoms with Gasteiger partial charge in [-0.3, -0.25) is 4.79 Å². The maximum absolute atomic E-state index is 12.2. The van der Waals surface area contributed by atoms with Gasteiger partial charge in [-0.1, -0.05) is 0 Å². The van der Waals surface area contributed by atoms with E-state index in [-0.39, 0.29) is 5.91 Å². The van der Waals surface area contributed by atoms with Gasteiger partial charge in [0.2, 0.25) is 0 Å². The van der Waals surface area contributed by atoms with Gasteiger partial charge in [-0.15, -0.1) is 0 Å². The van der Waals surface area contributed by atoms with E-state index >= 15 is 0 Å². The second kappa shape index (κ2) is 4.97. The molecule has 16 heavy (non-hydrogen) atoms. The van der Waals surface area contributed by atoms with Crippen molar-refractivity contribution in [2.45, 2.75) is 25.8 Å². The number of nitrogens with one attached hydrogen (secondary N) is 1. The number of amides is 1. The number of carbonyl (C=O) groups is 1. The molecular formula is C12H18N2OS. The molecule has 0 aliphatic carbocycles. The van der Waals surface area contributed by atoms with Crippen LogP contribution in [0.2, 0.25) is 0 Å². The number of aryl methyl sites for hydroxylation is 1. The Hall–Kier alpha value is -0.870. The average Bonchev–Trinajstić information content (AvgIpc) is 2.75. The van der Waals surface area contributed by atoms with Crippen LogP contribution in [0, 0.1) is 6.92 Å². The van der Waals surface area contributed by atoms with Crippen LogP contribution in [-0.2, 0) is 0 Å². The van der Waals surface area contributed by atoms with Gasteiger partial charge >= 0.3 is 0 Å². The van der Waals surface area contributed by atoms with Gasteiger partial charge in [0.25, 0.3) is 5.91 Å². The van der Waals surface area contributed by atoms with Gasteiger partial charge in [-0.25, -0.2) is 0 Å². The Bertz CT molecular complexity index is 367. The standard InChI is InChI=1S/C12H18N2OS/c1-9-7-16-8-11(9)12(15)14-5-3-10(13-2)4-6-14/h7-8,10,13H,3-6H2,1-2H3. The number of nitrogens with zero attached hydrogens (tertiary/aromatic N) is 1. The summed E-state index contributed by atoms with van der Waals surface area (Å²) in [5.74, 6) is 0.202. The van der Waals surface area contributed by atoms with Crippen LogP contribution in [0.3, 0.4) is 0 Å². The third kappa shape index (κ3) is 2.28. The van der Waals surface area contributed by atoms with Crippen LogP contribution in [0.5, 0.6) is 0 Å². The summed E-state index contributed by atoms with van der Waals surface area (Å²) in [5.41, 5.74) is 1.98. The van der Waals surface area contributed by atoms with E-state index in [1.165, 1.54) is 0 Å². The monoisotopic (exact) mass is 238 g/mol. The van der Waals surface area contributed by atoms with E-state index in [1.807, 2.05) is 29.6 Å². The molecule has 4 heteroatoms. The first-order valence-corrected chi connectivity index (χ1v) is 6.66. The third-order valence-corrected chi connectivity index (χ3v) is 4.14. The molecular weight excluding hydrogens is 220 g/mol. The Morgan fingerprint density at radius 3 is 2.62 bits per heavy atom. The van der Waals surface area contributed by atoms with E-state index in [0.29, 0.717) is 6.04 Å². The Balaban J connectivity index is 2.00. The van der Waals surface area contributed by atoms with Crippen molar-refractivity contribution >= 4 is 17.2 Å². The van der Waals surface area contributed by atoms with Crippen LogP contribution < -0.4 is 5.32 Å². The smallest absolute Gasteiger partial charge is 0.254 e. The maximum Gasteiger partial charge on any atom is 0.254 e. The average molecular weight is 238 g/mol. The lowest BCUT2D eigenvalue weighted by Crippen LogP contribution is -2.44. The van der Waals surface area contributed by atoms with Crippen molar-refractivity contribution < 1.29 is 4.79 Å². The van der Waals surface area contributed by atoms with Crippen molar-refractivity contribution in [2.24, 2.45) is 0 Å². The summed E-state index contributed by atoms with van der Waals surface area (Å²) >= 11 is 1.60. The zero-order valence-corrected chi connectivity index (χ0v) is 10.6. The normalized spacial score (nSPS) is 17.8. The van der Waals surface area contributed by atoms with Crippen molar-refractivity contribution in [3.63, 3.8) is 0 Å². The molecule has 2 rings (SSSR count). The Labute approximate surface area is 100 Å². The molecule has 1 aliphatic heterocycles. The number of hydrogen-bond acceptors (Lipinski definition) is 3. The minimum absolute atomic E-state index is 0.202. The SMILES string of the molecule is CNC1CCN(C(=O)c2cscc2C)CC1. The largest absolute Gasteiger partial charge is 0.338 e. The van der Waals surface area contributed by atoms with Gasteiger partial charge in [0, 0.05) is 24.5 Å². The first kappa shape index (κ1) is 11.6. The molecule has 0 radical (unpaired) electrons. The summed E-state index contributed by atoms with van der Waals surface area (Å²) < 4.78 is 0. The highest BCUT2D eigenvalue weighted by Gasteiger charge is 2.23. The zero-order valence-electron chi connectivity index (χ0n) is 9.82. The summed E-state index contributed by atoms with van der Waals surface area (Å²) in [6.45, 7) is 3.75. The summed E-state index contributed by atoms with van der Waals surface area (Å²) in [6.07, 6.45) is 2.12. The molecule has 88 valence electrons. The number of rotatable bonds is 2. The van der Waals surface area contributed by atoms with Crippen LogP contribution in [0.15, 0.2) is 10.8 Å². The molecule has 1 aliphatic rings. The van der Waals surface area contributed by atoms with E-state index in [2.05, 4.69) is 5.32 Å². The van der Waals surface area contributed by atoms with Crippen LogP contribution in [0.1, 0.15) is 28.8 Å². The van der Waals surface area contributed by atoms with E-state index in [0.717, 1.165) is 37.1 Å². The van der Waals surface area contributed by atoms with Gasteiger partial charge in [0.1, 0.15) is 0 Å². The Morgan fingerprint density at radius 1 is 1.44 bits per heavy atom. The molecule has 1 fully saturated rings. The van der Waals surface area contributed by atoms with E-state index in [9.17, 15) is 4.79 Å². The fourth-order valence-corrected chi connectivity index (χ4v) is 2.94. The molecule has 2 heterocycles. The number of hydrogen-bond donors (Lipinski definition) is 1. The highest BCUT2D eigenvalue weighted by Crippen LogP contribution is 2.19. The molecule has 0 spiro atoms. The summed E-state index contributed by atoms with van der Waals surface area (Å²) in [7, 11) is 1.99. The first-order valence-electron chi connectivity index (χ1n) is 5.71. The summed E-state index contributed by atoms with van der Waals surface area (Å²) in [6, 6.07) is 0.577. The highest BCUT2D eigenvalue weighted by molar-refractivity contribution is 7.08. The molecule has 1 N–H and O–H groups in total. The van der Waals surface area contributed by atoms with Crippen molar-refractivity contribution in [1.29, 1.82) is 0 Å². The fraction of sp³-hybridized carbons (Fsp3) is 0.583. The van der Waals surface area contributed by atoms with Crippen molar-refractivity contribution in [2.75, 3.05) is 20.1 Å². The summed E-state index contributed by atoms with van der Waals surface area (Å²) in [5, 5.41) is 7.27. The van der Waals surface area contributed by atoms with Gasteiger partial charge < -0.3 is 10.2 Å². The van der Waals surface area contributed by atoms with Crippen LogP contribution in [-0.4, -0.2) is 37.0 Å². The minimum Gasteiger partial charge on any atom is -0.338 e. The van der Waals surface area contributed by atoms with E-state index in [4.69, 9.17) is 0 Å². The summed E-state index contributed by atoms with van der Waals surface area (Å²) in [4.78, 5) is 14.2. The molecule has 1 amide bonds. The predicted molar refractivity (Wildman–Crippen MR) is 67.0 cm³/mol. The fourth-order valence-electron chi connectivity index (χ4n) is 2.12. The predicted octanol–water partition coefficient (Wildman–Crippen LogP) is 1.88. The van der Waals surface area contributed by atoms with Gasteiger partial charge in [-0.05, 0) is 37.8 Å². The van der Waals surface area contributed by atoms with Crippen LogP contribution >= 0.6 is 11.3 Å². The topological polar surface area (TPSA) is 32.3 Å². The quantitative estimate of drug-likeness (QED) is 0.853. The third-order valence-electron chi connectivity index (χ3n) is 3.28. The number of likely N-dealkylation sites (tertiary alicyclic amines) is 1. The Morgan fingerprint density at radius 2 is 2.12 bits per heavy atom. The number of piperidine rings is 1. The highest BCUT2D eigenvalue weighted by atomic mass is 32.1. The zero-order chi connectivity index (χ0) is 11.5. The first-order chi connectivity index (χ1) is 7.72. The second-order valence-electron chi connectivity index (χ2n) is 4.32. The molecule has 1 saturated heterocycles. The molecule has 1 aromatic heterocycles. The molecule has 0 atom stereocenters. The Kier molecular flexibility index (Phi) is 3.61. The van der Waals surface area contributed by atoms with Gasteiger partial charge in [-0.2, -0.15) is 11.3 Å². The van der Waals surface area contributed by atoms with E-state index in [1.54, 1.807) is 11.3 Å². The number of carbonyl (C=O) groups excluding carboxylic acids is 1. The lowest BCUT2D eigenvalue weighted by molar-refractivity contribution is 0.0707. The van der Waals surface area contributed by atoms with Crippen molar-refractivity contribution in [1.82, 2.24) is 10.2 Å². The lowest BCUT2D eigenvalue weighted by atomic mass is 10.0. The minimum atomic E-state index is 0.202. The van der Waals surface area contributed by atoms with Gasteiger partial charge in [0.05, 0.1) is 5.56 Å². The van der Waals surface area contributed by atoms with Crippen molar-refractivity contribution in [3.8, 4) is 0 Å². The lowest BCUT2D eigenvalue weighted by Gasteiger charge is -2.31. The van der Waals surface area contributed by atoms with E-state index < -0.39 is 0 Å². The molecule has 0 aromatic carbocycles. The van der Waals surface area contributed by atoms with Crippen LogP contribution in [0.4, 0.5) is 0 Å². The van der Waals surface area contributed by atoms with Crippen molar-refractivity contribution in [3.05, 3.63) is 21.9 Å². The molecule has 0 saturated carbocycles. The molecule has 1 aromatic rings. The second-order valence-corrected chi connectivity index (χ2v) is 5.07.